The molecule has 206 valence electrons. The number of ether oxygens (including phenoxy) is 3. The van der Waals surface area contributed by atoms with E-state index < -0.39 is 11.4 Å². The predicted octanol–water partition coefficient (Wildman–Crippen LogP) is 2.62. The number of nitroso groups, excluding NO2 is 1. The highest BCUT2D eigenvalue weighted by atomic mass is 16.5. The molecule has 0 aliphatic carbocycles. The smallest absolute Gasteiger partial charge is 0.281 e. The highest BCUT2D eigenvalue weighted by Gasteiger charge is 2.34. The number of morpholine rings is 1. The average Bonchev–Trinajstić information content (AvgIpc) is 3.42. The summed E-state index contributed by atoms with van der Waals surface area (Å²) in [5.74, 6) is 1.15. The number of anilines is 1. The van der Waals surface area contributed by atoms with Gasteiger partial charge in [0.15, 0.2) is 11.5 Å². The third-order valence-electron chi connectivity index (χ3n) is 6.83. The van der Waals surface area contributed by atoms with Gasteiger partial charge in [-0.05, 0) is 45.0 Å². The lowest BCUT2D eigenvalue weighted by Crippen LogP contribution is -2.52. The topological polar surface area (TPSA) is 133 Å². The minimum Gasteiger partial charge on any atom is -0.491 e. The Morgan fingerprint density at radius 2 is 2.05 bits per heavy atom. The molecule has 1 unspecified atom stereocenters. The number of carbonyl (C=O) groups excluding carboxylic acids is 1. The van der Waals surface area contributed by atoms with E-state index in [0.717, 1.165) is 24.3 Å². The van der Waals surface area contributed by atoms with Crippen LogP contribution < -0.4 is 20.4 Å². The van der Waals surface area contributed by atoms with Crippen LogP contribution in [0.4, 0.5) is 5.82 Å². The number of pyridine rings is 1. The number of nitrogens with zero attached hydrogens (tertiary/aromatic N) is 6. The van der Waals surface area contributed by atoms with E-state index in [-0.39, 0.29) is 24.4 Å². The standard InChI is InChI=1S/C27H33N7O5/c1-17-13-33(14-18(2)39-17)15-27(3,32-36)16-38-21-8-7-20-22(23(21)37-4)30-26(34-11-10-29-24(20)34)31-25(35)19-6-5-9-28-12-19/h5-9,12,17-18,29H,10-11,13-16H2,1-4H3/t17-,18+,27?. The van der Waals surface area contributed by atoms with Gasteiger partial charge in [-0.1, -0.05) is 5.18 Å². The van der Waals surface area contributed by atoms with Gasteiger partial charge in [-0.2, -0.15) is 9.90 Å². The number of methoxy groups -OCH3 is 1. The van der Waals surface area contributed by atoms with Crippen LogP contribution in [0, 0.1) is 4.91 Å². The van der Waals surface area contributed by atoms with Gasteiger partial charge in [-0.3, -0.25) is 19.2 Å². The van der Waals surface area contributed by atoms with E-state index in [1.165, 1.54) is 13.3 Å². The molecule has 12 nitrogen and oxygen atoms in total. The predicted molar refractivity (Wildman–Crippen MR) is 145 cm³/mol. The molecule has 5 rings (SSSR count). The van der Waals surface area contributed by atoms with Crippen molar-refractivity contribution in [2.24, 2.45) is 10.2 Å². The third kappa shape index (κ3) is 5.62. The van der Waals surface area contributed by atoms with Gasteiger partial charge < -0.3 is 19.5 Å². The first-order valence-corrected chi connectivity index (χ1v) is 13.0. The van der Waals surface area contributed by atoms with Gasteiger partial charge in [0.1, 0.15) is 23.5 Å². The van der Waals surface area contributed by atoms with Crippen LogP contribution in [0.25, 0.3) is 10.9 Å². The molecule has 1 amide bonds. The molecule has 0 radical (unpaired) electrons. The summed E-state index contributed by atoms with van der Waals surface area (Å²) in [6.07, 6.45) is 3.23. The maximum Gasteiger partial charge on any atom is 0.281 e. The van der Waals surface area contributed by atoms with Crippen LogP contribution >= 0.6 is 0 Å². The van der Waals surface area contributed by atoms with E-state index >= 15 is 0 Å². The average molecular weight is 536 g/mol. The Morgan fingerprint density at radius 1 is 1.26 bits per heavy atom. The van der Waals surface area contributed by atoms with E-state index in [4.69, 9.17) is 19.2 Å². The molecule has 0 saturated carbocycles. The van der Waals surface area contributed by atoms with Crippen molar-refractivity contribution in [2.45, 2.75) is 45.1 Å². The molecule has 2 aliphatic heterocycles. The molecule has 1 N–H and O–H groups in total. The number of aromatic nitrogens is 3. The highest BCUT2D eigenvalue weighted by molar-refractivity contribution is 5.96. The van der Waals surface area contributed by atoms with Crippen molar-refractivity contribution in [1.29, 1.82) is 0 Å². The molecular formula is C27H33N7O5. The Bertz CT molecular complexity index is 1430. The fourth-order valence-corrected chi connectivity index (χ4v) is 5.22. The van der Waals surface area contributed by atoms with E-state index in [0.29, 0.717) is 42.2 Å². The van der Waals surface area contributed by atoms with Crippen molar-refractivity contribution >= 4 is 22.6 Å². The van der Waals surface area contributed by atoms with Crippen molar-refractivity contribution in [2.75, 3.05) is 45.2 Å². The summed E-state index contributed by atoms with van der Waals surface area (Å²) in [4.78, 5) is 40.0. The highest BCUT2D eigenvalue weighted by Crippen LogP contribution is 2.37. The van der Waals surface area contributed by atoms with E-state index in [1.807, 2.05) is 24.5 Å². The summed E-state index contributed by atoms with van der Waals surface area (Å²) in [5, 5.41) is 7.59. The zero-order chi connectivity index (χ0) is 27.6. The van der Waals surface area contributed by atoms with Crippen LogP contribution in [0.5, 0.6) is 11.5 Å². The van der Waals surface area contributed by atoms with Crippen molar-refractivity contribution in [3.05, 3.63) is 52.7 Å². The van der Waals surface area contributed by atoms with Gasteiger partial charge in [-0.15, -0.1) is 0 Å². The minimum absolute atomic E-state index is 0.0488. The molecule has 3 aromatic rings. The molecule has 39 heavy (non-hydrogen) atoms. The lowest BCUT2D eigenvalue weighted by molar-refractivity contribution is -0.0734. The Morgan fingerprint density at radius 3 is 2.74 bits per heavy atom. The Balaban J connectivity index is 1.46. The molecule has 1 saturated heterocycles. The first-order chi connectivity index (χ1) is 18.8. The number of benzene rings is 1. The summed E-state index contributed by atoms with van der Waals surface area (Å²) >= 11 is 0. The Kier molecular flexibility index (Phi) is 7.58. The second-order valence-electron chi connectivity index (χ2n) is 10.3. The second-order valence-corrected chi connectivity index (χ2v) is 10.3. The molecule has 2 aromatic heterocycles. The minimum atomic E-state index is -0.990. The monoisotopic (exact) mass is 535 g/mol. The summed E-state index contributed by atoms with van der Waals surface area (Å²) in [6.45, 7) is 9.04. The third-order valence-corrected chi connectivity index (χ3v) is 6.83. The molecule has 3 atom stereocenters. The van der Waals surface area contributed by atoms with Crippen molar-refractivity contribution in [3.63, 3.8) is 0 Å². The van der Waals surface area contributed by atoms with Gasteiger partial charge >= 0.3 is 0 Å². The van der Waals surface area contributed by atoms with Gasteiger partial charge in [0.05, 0.1) is 24.9 Å². The van der Waals surface area contributed by atoms with E-state index in [2.05, 4.69) is 25.4 Å². The molecule has 0 spiro atoms. The molecule has 4 heterocycles. The number of hydrogen-bond donors (Lipinski definition) is 1. The zero-order valence-electron chi connectivity index (χ0n) is 22.6. The molecule has 1 aromatic carbocycles. The summed E-state index contributed by atoms with van der Waals surface area (Å²) in [6, 6.07) is 7.02. The van der Waals surface area contributed by atoms with Gasteiger partial charge in [0.2, 0.25) is 5.62 Å². The fraction of sp³-hybridized carbons (Fsp3) is 0.481. The number of hydrogen-bond acceptors (Lipinski definition) is 10. The van der Waals surface area contributed by atoms with Crippen molar-refractivity contribution in [1.82, 2.24) is 19.4 Å². The van der Waals surface area contributed by atoms with Crippen molar-refractivity contribution < 1.29 is 19.0 Å². The van der Waals surface area contributed by atoms with Crippen molar-refractivity contribution in [3.8, 4) is 11.5 Å². The largest absolute Gasteiger partial charge is 0.491 e. The number of fused-ring (bicyclic) bond motifs is 3. The Labute approximate surface area is 226 Å². The summed E-state index contributed by atoms with van der Waals surface area (Å²) in [5.41, 5.74) is 0.121. The van der Waals surface area contributed by atoms with Crippen LogP contribution in [0.2, 0.25) is 0 Å². The van der Waals surface area contributed by atoms with E-state index in [1.54, 1.807) is 31.3 Å². The van der Waals surface area contributed by atoms with Crippen LogP contribution in [0.15, 0.2) is 46.8 Å². The summed E-state index contributed by atoms with van der Waals surface area (Å²) < 4.78 is 19.6. The van der Waals surface area contributed by atoms with Crippen LogP contribution in [-0.2, 0) is 11.3 Å². The first kappa shape index (κ1) is 26.7. The maximum atomic E-state index is 12.8. The molecule has 0 bridgehead atoms. The Hall–Kier alpha value is -3.90. The number of amides is 1. The normalized spacial score (nSPS) is 21.2. The number of carbonyl (C=O) groups is 1. The quantitative estimate of drug-likeness (QED) is 0.432. The zero-order valence-corrected chi connectivity index (χ0v) is 22.6. The number of rotatable bonds is 8. The lowest BCUT2D eigenvalue weighted by Gasteiger charge is -2.38. The lowest BCUT2D eigenvalue weighted by atomic mass is 10.0. The van der Waals surface area contributed by atoms with Crippen LogP contribution in [0.3, 0.4) is 0 Å². The molecule has 12 heteroatoms. The fourth-order valence-electron chi connectivity index (χ4n) is 5.22. The molecule has 2 aliphatic rings. The van der Waals surface area contributed by atoms with Gasteiger partial charge in [0, 0.05) is 50.5 Å². The van der Waals surface area contributed by atoms with Crippen LogP contribution in [-0.4, -0.2) is 83.0 Å². The van der Waals surface area contributed by atoms with Gasteiger partial charge in [-0.25, -0.2) is 4.98 Å². The van der Waals surface area contributed by atoms with Gasteiger partial charge in [0.25, 0.3) is 5.91 Å². The molecule has 1 fully saturated rings. The summed E-state index contributed by atoms with van der Waals surface area (Å²) in [7, 11) is 1.53. The molecular weight excluding hydrogens is 502 g/mol. The number of nitrogens with one attached hydrogen (secondary N) is 1. The van der Waals surface area contributed by atoms with E-state index in [9.17, 15) is 9.70 Å². The SMILES string of the molecule is COc1c(OCC(C)(CN2C[C@@H](C)O[C@@H](C)C2)N=O)ccc2c3n(c(=NC(=O)c4cccnc4)nc12)CCN3. The maximum absolute atomic E-state index is 12.8. The van der Waals surface area contributed by atoms with Crippen LogP contribution in [0.1, 0.15) is 31.1 Å². The first-order valence-electron chi connectivity index (χ1n) is 13.0. The second kappa shape index (κ2) is 11.1.